The quantitative estimate of drug-likeness (QED) is 0.653. The third-order valence-corrected chi connectivity index (χ3v) is 5.84. The highest BCUT2D eigenvalue weighted by molar-refractivity contribution is 9.10. The van der Waals surface area contributed by atoms with Crippen molar-refractivity contribution < 1.29 is 0 Å². The molecule has 0 saturated heterocycles. The molecule has 0 spiro atoms. The molecule has 4 aliphatic carbocycles. The summed E-state index contributed by atoms with van der Waals surface area (Å²) in [6.45, 7) is 0. The van der Waals surface area contributed by atoms with Crippen LogP contribution in [-0.4, -0.2) is 28.9 Å². The Hall–Kier alpha value is 0.440. The van der Waals surface area contributed by atoms with E-state index in [4.69, 9.17) is 0 Å². The molecule has 4 bridgehead atoms. The average Bonchev–Trinajstić information content (AvgIpc) is 1.98. The summed E-state index contributed by atoms with van der Waals surface area (Å²) in [7, 11) is 4.56. The first-order chi connectivity index (χ1) is 6.51. The Bertz CT molecular complexity index is 247. The van der Waals surface area contributed by atoms with Gasteiger partial charge in [-0.3, -0.25) is 0 Å². The first-order valence-electron chi connectivity index (χ1n) is 5.88. The second kappa shape index (κ2) is 2.76. The maximum absolute atomic E-state index is 4.03. The minimum Gasteiger partial charge on any atom is -0.304 e. The topological polar surface area (TPSA) is 3.24 Å². The molecule has 2 heteroatoms. The van der Waals surface area contributed by atoms with Crippen LogP contribution in [0, 0.1) is 11.8 Å². The molecule has 0 radical (unpaired) electrons. The van der Waals surface area contributed by atoms with Crippen molar-refractivity contribution in [3.63, 3.8) is 0 Å². The number of hydrogen-bond donors (Lipinski definition) is 0. The first kappa shape index (κ1) is 9.65. The molecule has 0 amide bonds. The van der Waals surface area contributed by atoms with Crippen molar-refractivity contribution >= 4 is 15.9 Å². The SMILES string of the molecule is CN(C)C12C[C@@H]3C[C@H](CC(Br)(C3)C1)C2. The van der Waals surface area contributed by atoms with E-state index in [1.54, 1.807) is 0 Å². The van der Waals surface area contributed by atoms with Gasteiger partial charge in [-0.2, -0.15) is 0 Å². The van der Waals surface area contributed by atoms with Crippen LogP contribution in [0.1, 0.15) is 38.5 Å². The lowest BCUT2D eigenvalue weighted by Crippen LogP contribution is -2.62. The van der Waals surface area contributed by atoms with Crippen LogP contribution in [0.5, 0.6) is 0 Å². The summed E-state index contributed by atoms with van der Waals surface area (Å²) in [4.78, 5) is 2.51. The van der Waals surface area contributed by atoms with Crippen molar-refractivity contribution in [2.45, 2.75) is 48.4 Å². The molecule has 4 fully saturated rings. The van der Waals surface area contributed by atoms with E-state index in [1.165, 1.54) is 38.5 Å². The van der Waals surface area contributed by atoms with Gasteiger partial charge in [0, 0.05) is 9.86 Å². The van der Waals surface area contributed by atoms with E-state index in [9.17, 15) is 0 Å². The third-order valence-electron chi connectivity index (χ3n) is 4.91. The highest BCUT2D eigenvalue weighted by atomic mass is 79.9. The van der Waals surface area contributed by atoms with Gasteiger partial charge in [0.1, 0.15) is 0 Å². The van der Waals surface area contributed by atoms with Gasteiger partial charge in [-0.15, -0.1) is 0 Å². The number of halogens is 1. The zero-order chi connectivity index (χ0) is 9.97. The molecule has 4 rings (SSSR count). The highest BCUT2D eigenvalue weighted by Gasteiger charge is 2.57. The van der Waals surface area contributed by atoms with Crippen LogP contribution >= 0.6 is 15.9 Å². The van der Waals surface area contributed by atoms with Gasteiger partial charge in [0.25, 0.3) is 0 Å². The van der Waals surface area contributed by atoms with Crippen molar-refractivity contribution in [2.24, 2.45) is 11.8 Å². The fourth-order valence-corrected chi connectivity index (χ4v) is 6.06. The van der Waals surface area contributed by atoms with Crippen LogP contribution in [0.15, 0.2) is 0 Å². The van der Waals surface area contributed by atoms with Crippen molar-refractivity contribution in [1.29, 1.82) is 0 Å². The summed E-state index contributed by atoms with van der Waals surface area (Å²) in [6.07, 6.45) is 8.72. The minimum absolute atomic E-state index is 0.515. The van der Waals surface area contributed by atoms with Crippen molar-refractivity contribution in [3.8, 4) is 0 Å². The molecular formula is C12H20BrN. The fraction of sp³-hybridized carbons (Fsp3) is 1.00. The Morgan fingerprint density at radius 3 is 2.07 bits per heavy atom. The average molecular weight is 258 g/mol. The van der Waals surface area contributed by atoms with Gasteiger partial charge in [0.2, 0.25) is 0 Å². The van der Waals surface area contributed by atoms with Gasteiger partial charge in [-0.25, -0.2) is 0 Å². The van der Waals surface area contributed by atoms with Crippen molar-refractivity contribution in [1.82, 2.24) is 4.90 Å². The normalized spacial score (nSPS) is 55.7. The van der Waals surface area contributed by atoms with E-state index in [-0.39, 0.29) is 0 Å². The summed E-state index contributed by atoms with van der Waals surface area (Å²) in [5.41, 5.74) is 0.549. The molecule has 0 aliphatic heterocycles. The monoisotopic (exact) mass is 257 g/mol. The molecule has 1 nitrogen and oxygen atoms in total. The van der Waals surface area contributed by atoms with Crippen molar-refractivity contribution in [3.05, 3.63) is 0 Å². The summed E-state index contributed by atoms with van der Waals surface area (Å²) in [5, 5.41) is 0. The molecule has 0 N–H and O–H groups in total. The van der Waals surface area contributed by atoms with Gasteiger partial charge in [0.05, 0.1) is 0 Å². The maximum atomic E-state index is 4.03. The number of alkyl halides is 1. The maximum Gasteiger partial charge on any atom is 0.0280 e. The number of rotatable bonds is 1. The van der Waals surface area contributed by atoms with Gasteiger partial charge in [-0.05, 0) is 64.5 Å². The second-order valence-corrected chi connectivity index (χ2v) is 7.91. The van der Waals surface area contributed by atoms with Crippen LogP contribution in [0.4, 0.5) is 0 Å². The standard InChI is InChI=1S/C12H20BrN/c1-14(2)12-6-9-3-10(7-12)5-11(13,4-9)8-12/h9-10H,3-8H2,1-2H3/t9-,10-,11?,12?/m1/s1. The molecular weight excluding hydrogens is 238 g/mol. The lowest BCUT2D eigenvalue weighted by atomic mass is 9.52. The van der Waals surface area contributed by atoms with Crippen molar-refractivity contribution in [2.75, 3.05) is 14.1 Å². The lowest BCUT2D eigenvalue weighted by molar-refractivity contribution is -0.0549. The Balaban J connectivity index is 1.96. The Labute approximate surface area is 95.4 Å². The predicted octanol–water partition coefficient (Wildman–Crippen LogP) is 3.03. The predicted molar refractivity (Wildman–Crippen MR) is 62.8 cm³/mol. The molecule has 80 valence electrons. The molecule has 4 saturated carbocycles. The lowest BCUT2D eigenvalue weighted by Gasteiger charge is -2.62. The van der Waals surface area contributed by atoms with E-state index in [0.29, 0.717) is 9.86 Å². The summed E-state index contributed by atoms with van der Waals surface area (Å²) in [6, 6.07) is 0. The number of hydrogen-bond acceptors (Lipinski definition) is 1. The first-order valence-corrected chi connectivity index (χ1v) is 6.67. The molecule has 4 aliphatic rings. The van der Waals surface area contributed by atoms with E-state index in [1.807, 2.05) is 0 Å². The van der Waals surface area contributed by atoms with E-state index in [0.717, 1.165) is 11.8 Å². The molecule has 0 unspecified atom stereocenters. The zero-order valence-corrected chi connectivity index (χ0v) is 10.8. The Kier molecular flexibility index (Phi) is 1.90. The van der Waals surface area contributed by atoms with E-state index < -0.39 is 0 Å². The Morgan fingerprint density at radius 1 is 1.07 bits per heavy atom. The van der Waals surface area contributed by atoms with E-state index >= 15 is 0 Å². The molecule has 0 aromatic carbocycles. The number of nitrogens with zero attached hydrogens (tertiary/aromatic N) is 1. The van der Waals surface area contributed by atoms with Crippen LogP contribution in [0.3, 0.4) is 0 Å². The third kappa shape index (κ3) is 1.23. The summed E-state index contributed by atoms with van der Waals surface area (Å²) >= 11 is 4.03. The summed E-state index contributed by atoms with van der Waals surface area (Å²) < 4.78 is 0.515. The van der Waals surface area contributed by atoms with Crippen LogP contribution < -0.4 is 0 Å². The molecule has 14 heavy (non-hydrogen) atoms. The van der Waals surface area contributed by atoms with E-state index in [2.05, 4.69) is 34.9 Å². The van der Waals surface area contributed by atoms with Crippen LogP contribution in [0.2, 0.25) is 0 Å². The minimum atomic E-state index is 0.515. The molecule has 0 heterocycles. The van der Waals surface area contributed by atoms with Gasteiger partial charge in [-0.1, -0.05) is 15.9 Å². The summed E-state index contributed by atoms with van der Waals surface area (Å²) in [5.74, 6) is 2.02. The van der Waals surface area contributed by atoms with Gasteiger partial charge in [0.15, 0.2) is 0 Å². The smallest absolute Gasteiger partial charge is 0.0280 e. The van der Waals surface area contributed by atoms with Crippen LogP contribution in [-0.2, 0) is 0 Å². The van der Waals surface area contributed by atoms with Gasteiger partial charge < -0.3 is 4.90 Å². The second-order valence-electron chi connectivity index (χ2n) is 6.23. The molecule has 0 aromatic heterocycles. The van der Waals surface area contributed by atoms with Gasteiger partial charge >= 0.3 is 0 Å². The molecule has 2 atom stereocenters. The highest BCUT2D eigenvalue weighted by Crippen LogP contribution is 2.61. The fourth-order valence-electron chi connectivity index (χ4n) is 4.63. The van der Waals surface area contributed by atoms with Crippen LogP contribution in [0.25, 0.3) is 0 Å². The molecule has 0 aromatic rings. The zero-order valence-electron chi connectivity index (χ0n) is 9.22. The Morgan fingerprint density at radius 2 is 1.64 bits per heavy atom. The largest absolute Gasteiger partial charge is 0.304 e.